The summed E-state index contributed by atoms with van der Waals surface area (Å²) < 4.78 is 99.1. The van der Waals surface area contributed by atoms with Crippen molar-refractivity contribution in [2.45, 2.75) is 43.9 Å². The minimum atomic E-state index is -1.62. The van der Waals surface area contributed by atoms with Crippen molar-refractivity contribution < 1.29 is 26.3 Å². The van der Waals surface area contributed by atoms with Crippen LogP contribution in [0, 0.1) is 62.6 Å². The van der Waals surface area contributed by atoms with Gasteiger partial charge in [0.15, 0.2) is 34.9 Å². The van der Waals surface area contributed by atoms with Crippen molar-refractivity contribution >= 4 is 46.3 Å². The van der Waals surface area contributed by atoms with Gasteiger partial charge in [-0.25, -0.2) is 26.3 Å². The summed E-state index contributed by atoms with van der Waals surface area (Å²) >= 11 is 0. The van der Waals surface area contributed by atoms with Gasteiger partial charge in [-0.05, 0) is 234 Å². The Labute approximate surface area is 594 Å². The van der Waals surface area contributed by atoms with Crippen molar-refractivity contribution in [1.82, 2.24) is 0 Å². The lowest BCUT2D eigenvalue weighted by molar-refractivity contribution is 0.448. The van der Waals surface area contributed by atoms with Crippen molar-refractivity contribution in [2.24, 2.45) is 0 Å². The third-order valence-electron chi connectivity index (χ3n) is 22.4. The molecule has 18 rings (SSSR count). The van der Waals surface area contributed by atoms with E-state index < -0.39 is 51.1 Å². The van der Waals surface area contributed by atoms with E-state index >= 15 is 26.3 Å². The molecule has 4 aliphatic rings. The summed E-state index contributed by atoms with van der Waals surface area (Å²) in [5, 5.41) is 0. The summed E-state index contributed by atoms with van der Waals surface area (Å²) in [6.45, 7) is 16.6. The smallest absolute Gasteiger partial charge is 0.196 e. The molecule has 14 aromatic rings. The Morgan fingerprint density at radius 2 is 0.553 bits per heavy atom. The highest BCUT2D eigenvalue weighted by molar-refractivity contribution is 5.99. The van der Waals surface area contributed by atoms with E-state index in [0.29, 0.717) is 22.7 Å². The van der Waals surface area contributed by atoms with Crippen molar-refractivity contribution in [2.75, 3.05) is 9.80 Å². The Morgan fingerprint density at radius 3 is 0.874 bits per heavy atom. The van der Waals surface area contributed by atoms with E-state index in [1.165, 1.54) is 12.1 Å². The van der Waals surface area contributed by atoms with Crippen LogP contribution in [0.4, 0.5) is 60.5 Å². The number of halogens is 6. The molecule has 1 spiro atoms. The molecule has 2 nitrogen and oxygen atoms in total. The van der Waals surface area contributed by atoms with E-state index in [2.05, 4.69) is 211 Å². The third-order valence-corrected chi connectivity index (χ3v) is 22.4. The highest BCUT2D eigenvalue weighted by Crippen LogP contribution is 2.66. The number of hydrogen-bond acceptors (Lipinski definition) is 2. The van der Waals surface area contributed by atoms with Crippen molar-refractivity contribution in [3.05, 3.63) is 427 Å². The van der Waals surface area contributed by atoms with Crippen molar-refractivity contribution in [1.29, 1.82) is 0 Å². The summed E-state index contributed by atoms with van der Waals surface area (Å²) in [5.41, 5.74) is 23.4. The maximum absolute atomic E-state index is 17.6. The van der Waals surface area contributed by atoms with Gasteiger partial charge in [-0.1, -0.05) is 243 Å². The lowest BCUT2D eigenvalue weighted by Gasteiger charge is -2.36. The quantitative estimate of drug-likeness (QED) is 0.0888. The molecule has 0 aliphatic heterocycles. The zero-order chi connectivity index (χ0) is 70.5. The van der Waals surface area contributed by atoms with Crippen molar-refractivity contribution in [3.63, 3.8) is 0 Å². The SMILES string of the molecule is C=Cc1ccc(C2(c3cc(C)ccc3C)c3ccccc3-c3ccc(N(c4ccc5c(c4)C4(c6ccccc6-5)c5ccccc5-c5ccc(N(c6ccc7c(c6)C(c6ccc(C=C)cc6)(c6cc(C)ccc6C)c6ccccc6-7)c6ccc(F)c(F)c6F)cc54)c4ccc(F)c(F)c4F)cc32)cc1. The van der Waals surface area contributed by atoms with Gasteiger partial charge in [0.05, 0.1) is 27.6 Å². The molecule has 2 unspecified atom stereocenters. The molecule has 0 saturated carbocycles. The predicted octanol–water partition coefficient (Wildman–Crippen LogP) is 25.1. The van der Waals surface area contributed by atoms with E-state index in [0.717, 1.165) is 157 Å². The highest BCUT2D eigenvalue weighted by Gasteiger charge is 2.54. The fourth-order valence-electron chi connectivity index (χ4n) is 18.0. The van der Waals surface area contributed by atoms with Crippen LogP contribution in [0.3, 0.4) is 0 Å². The molecule has 14 aromatic carbocycles. The van der Waals surface area contributed by atoms with E-state index in [1.807, 2.05) is 97.1 Å². The summed E-state index contributed by atoms with van der Waals surface area (Å²) in [5.74, 6) is -8.65. The Bertz CT molecular complexity index is 5600. The van der Waals surface area contributed by atoms with Crippen LogP contribution in [-0.4, -0.2) is 0 Å². The minimum Gasteiger partial charge on any atom is -0.308 e. The van der Waals surface area contributed by atoms with Gasteiger partial charge in [-0.3, -0.25) is 0 Å². The van der Waals surface area contributed by atoms with Crippen LogP contribution in [0.5, 0.6) is 0 Å². The number of aryl methyl sites for hydroxylation is 4. The van der Waals surface area contributed by atoms with Gasteiger partial charge in [0, 0.05) is 22.7 Å². The number of fused-ring (bicyclic) bond motifs is 16. The summed E-state index contributed by atoms with van der Waals surface area (Å²) in [6.07, 6.45) is 3.64. The van der Waals surface area contributed by atoms with Gasteiger partial charge in [0.1, 0.15) is 0 Å². The molecule has 496 valence electrons. The summed E-state index contributed by atoms with van der Waals surface area (Å²) in [4.78, 5) is 3.38. The van der Waals surface area contributed by atoms with Crippen molar-refractivity contribution in [3.8, 4) is 44.5 Å². The van der Waals surface area contributed by atoms with E-state index in [-0.39, 0.29) is 11.4 Å². The molecule has 4 aliphatic carbocycles. The van der Waals surface area contributed by atoms with E-state index in [4.69, 9.17) is 0 Å². The molecule has 0 N–H and O–H groups in total. The van der Waals surface area contributed by atoms with Gasteiger partial charge in [-0.15, -0.1) is 0 Å². The average Bonchev–Trinajstić information content (AvgIpc) is 1.52. The van der Waals surface area contributed by atoms with Crippen LogP contribution in [0.1, 0.15) is 100 Å². The molecule has 0 amide bonds. The molecule has 0 aromatic heterocycles. The predicted molar refractivity (Wildman–Crippen MR) is 406 cm³/mol. The first-order valence-electron chi connectivity index (χ1n) is 34.6. The molecule has 0 bridgehead atoms. The molecule has 0 fully saturated rings. The van der Waals surface area contributed by atoms with Gasteiger partial charge >= 0.3 is 0 Å². The second kappa shape index (κ2) is 23.4. The monoisotopic (exact) mass is 1350 g/mol. The second-order valence-corrected chi connectivity index (χ2v) is 27.7. The van der Waals surface area contributed by atoms with E-state index in [1.54, 1.807) is 9.80 Å². The Balaban J connectivity index is 0.882. The summed E-state index contributed by atoms with van der Waals surface area (Å²) in [7, 11) is 0. The molecule has 8 heteroatoms. The lowest BCUT2D eigenvalue weighted by atomic mass is 9.66. The van der Waals surface area contributed by atoms with Crippen LogP contribution < -0.4 is 9.80 Å². The molecule has 0 saturated heterocycles. The maximum atomic E-state index is 17.6. The van der Waals surface area contributed by atoms with Crippen LogP contribution in [0.15, 0.2) is 292 Å². The highest BCUT2D eigenvalue weighted by atomic mass is 19.2. The standard InChI is InChI=1S/C95H64F6N2/c1-7-59-29-33-61(34-30-59)93(79-49-55(3)25-27-57(79)5)75-21-13-9-17-67(75)71-41-37-63(51-81(71)93)102(87-47-45-85(96)89(98)91(87)100)65-39-43-73-69-19-11-15-23-77(69)95(83(73)53-65)78-24-16-12-20-70(78)74-44-40-66(54-84(74)95)103(88-48-46-86(97)90(99)92(88)101)64-38-42-72-68-18-10-14-22-76(68)94(82(72)52-64,62-35-31-60(8-2)32-36-62)80-50-56(4)26-28-58(80)6/h7-54H,1-2H2,3-6H3. The molecule has 0 heterocycles. The third kappa shape index (κ3) is 8.83. The first kappa shape index (κ1) is 63.0. The van der Waals surface area contributed by atoms with Crippen LogP contribution >= 0.6 is 0 Å². The van der Waals surface area contributed by atoms with Crippen LogP contribution in [-0.2, 0) is 16.2 Å². The second-order valence-electron chi connectivity index (χ2n) is 27.7. The van der Waals surface area contributed by atoms with Gasteiger partial charge < -0.3 is 9.80 Å². The maximum Gasteiger partial charge on any atom is 0.196 e. The lowest BCUT2D eigenvalue weighted by Crippen LogP contribution is -2.30. The first-order valence-corrected chi connectivity index (χ1v) is 34.6. The fourth-order valence-corrected chi connectivity index (χ4v) is 18.0. The molecule has 103 heavy (non-hydrogen) atoms. The normalized spacial score (nSPS) is 16.6. The van der Waals surface area contributed by atoms with Crippen LogP contribution in [0.25, 0.3) is 56.7 Å². The zero-order valence-electron chi connectivity index (χ0n) is 56.8. The van der Waals surface area contributed by atoms with E-state index in [9.17, 15) is 0 Å². The van der Waals surface area contributed by atoms with Gasteiger partial charge in [0.2, 0.25) is 0 Å². The van der Waals surface area contributed by atoms with Gasteiger partial charge in [0.25, 0.3) is 0 Å². The zero-order valence-corrected chi connectivity index (χ0v) is 56.8. The number of nitrogens with zero attached hydrogens (tertiary/aromatic N) is 2. The number of anilines is 6. The molecular weight excluding hydrogens is 1280 g/mol. The Kier molecular flexibility index (Phi) is 14.3. The molecular formula is C95H64F6N2. The fraction of sp³-hybridized carbons (Fsp3) is 0.0737. The van der Waals surface area contributed by atoms with Gasteiger partial charge in [-0.2, -0.15) is 0 Å². The van der Waals surface area contributed by atoms with Crippen LogP contribution in [0.2, 0.25) is 0 Å². The Hall–Kier alpha value is -12.3. The summed E-state index contributed by atoms with van der Waals surface area (Å²) in [6, 6.07) is 91.6. The minimum absolute atomic E-state index is 0.224. The topological polar surface area (TPSA) is 6.48 Å². The number of hydrogen-bond donors (Lipinski definition) is 0. The first-order chi connectivity index (χ1) is 50.1. The Morgan fingerprint density at radius 1 is 0.262 bits per heavy atom. The molecule has 2 atom stereocenters. The average molecular weight is 1350 g/mol. The molecule has 0 radical (unpaired) electrons. The number of rotatable bonds is 12. The number of benzene rings is 14. The largest absolute Gasteiger partial charge is 0.308 e.